The Kier molecular flexibility index (Phi) is 8.27. The van der Waals surface area contributed by atoms with Crippen molar-refractivity contribution in [3.05, 3.63) is 71.3 Å². The van der Waals surface area contributed by atoms with E-state index in [0.29, 0.717) is 22.8 Å². The third-order valence-corrected chi connectivity index (χ3v) is 6.01. The van der Waals surface area contributed by atoms with Gasteiger partial charge in [-0.2, -0.15) is 5.26 Å². The SMILES string of the molecule is CCCCCC1CCC(C=Cc2ccc(C(=O)Oc3ccc(C#N)cc3)cc2)CC1. The first kappa shape index (κ1) is 21.8. The van der Waals surface area contributed by atoms with Crippen LogP contribution in [0.3, 0.4) is 0 Å². The van der Waals surface area contributed by atoms with Crippen LogP contribution in [0.4, 0.5) is 0 Å². The van der Waals surface area contributed by atoms with Crippen LogP contribution in [0.2, 0.25) is 0 Å². The maximum absolute atomic E-state index is 12.3. The first-order valence-electron chi connectivity index (χ1n) is 11.2. The fourth-order valence-electron chi connectivity index (χ4n) is 4.09. The zero-order chi connectivity index (χ0) is 21.2. The van der Waals surface area contributed by atoms with Crippen molar-refractivity contribution in [1.82, 2.24) is 0 Å². The molecule has 0 unspecified atom stereocenters. The molecule has 1 fully saturated rings. The van der Waals surface area contributed by atoms with E-state index in [1.807, 2.05) is 18.2 Å². The lowest BCUT2D eigenvalue weighted by atomic mass is 9.79. The molecule has 0 saturated heterocycles. The maximum Gasteiger partial charge on any atom is 0.343 e. The van der Waals surface area contributed by atoms with Gasteiger partial charge in [0.15, 0.2) is 0 Å². The smallest absolute Gasteiger partial charge is 0.343 e. The van der Waals surface area contributed by atoms with Gasteiger partial charge in [0, 0.05) is 0 Å². The molecule has 0 aliphatic heterocycles. The second kappa shape index (κ2) is 11.4. The molecule has 0 heterocycles. The fraction of sp³-hybridized carbons (Fsp3) is 0.407. The van der Waals surface area contributed by atoms with Crippen LogP contribution in [0.1, 0.15) is 79.8 Å². The minimum absolute atomic E-state index is 0.392. The summed E-state index contributed by atoms with van der Waals surface area (Å²) in [5.41, 5.74) is 2.16. The predicted molar refractivity (Wildman–Crippen MR) is 121 cm³/mol. The highest BCUT2D eigenvalue weighted by Crippen LogP contribution is 2.33. The average molecular weight is 402 g/mol. The summed E-state index contributed by atoms with van der Waals surface area (Å²) in [7, 11) is 0. The molecule has 2 aromatic carbocycles. The second-order valence-electron chi connectivity index (χ2n) is 8.28. The molecular formula is C27H31NO2. The van der Waals surface area contributed by atoms with Crippen LogP contribution in [-0.4, -0.2) is 5.97 Å². The standard InChI is InChI=1S/C27H31NO2/c1-2-3-4-5-21-6-8-22(9-7-21)10-11-23-12-16-25(17-13-23)27(29)30-26-18-14-24(20-28)15-19-26/h10-19,21-22H,2-9H2,1H3. The van der Waals surface area contributed by atoms with Gasteiger partial charge in [-0.05, 0) is 79.5 Å². The molecule has 3 heteroatoms. The first-order chi connectivity index (χ1) is 14.7. The van der Waals surface area contributed by atoms with E-state index < -0.39 is 5.97 Å². The Bertz CT molecular complexity index is 867. The van der Waals surface area contributed by atoms with Crippen molar-refractivity contribution in [3.63, 3.8) is 0 Å². The molecule has 3 nitrogen and oxygen atoms in total. The van der Waals surface area contributed by atoms with Gasteiger partial charge in [0.1, 0.15) is 5.75 Å². The molecule has 30 heavy (non-hydrogen) atoms. The van der Waals surface area contributed by atoms with Crippen molar-refractivity contribution in [2.45, 2.75) is 58.3 Å². The number of ether oxygens (including phenoxy) is 1. The molecule has 0 atom stereocenters. The largest absolute Gasteiger partial charge is 0.423 e. The molecule has 1 aliphatic rings. The van der Waals surface area contributed by atoms with Crippen molar-refractivity contribution in [2.24, 2.45) is 11.8 Å². The van der Waals surface area contributed by atoms with E-state index in [2.05, 4.69) is 19.1 Å². The van der Waals surface area contributed by atoms with Crippen LogP contribution >= 0.6 is 0 Å². The third kappa shape index (κ3) is 6.59. The third-order valence-electron chi connectivity index (χ3n) is 6.01. The minimum Gasteiger partial charge on any atom is -0.423 e. The zero-order valence-corrected chi connectivity index (χ0v) is 17.8. The van der Waals surface area contributed by atoms with Gasteiger partial charge in [-0.1, -0.05) is 56.9 Å². The summed E-state index contributed by atoms with van der Waals surface area (Å²) in [5.74, 6) is 1.65. The van der Waals surface area contributed by atoms with Crippen molar-refractivity contribution in [2.75, 3.05) is 0 Å². The highest BCUT2D eigenvalue weighted by atomic mass is 16.5. The molecule has 3 rings (SSSR count). The van der Waals surface area contributed by atoms with E-state index in [0.717, 1.165) is 11.5 Å². The number of nitrogens with zero attached hydrogens (tertiary/aromatic N) is 1. The van der Waals surface area contributed by atoms with Crippen LogP contribution in [-0.2, 0) is 0 Å². The number of rotatable bonds is 8. The number of esters is 1. The average Bonchev–Trinajstić information content (AvgIpc) is 2.79. The van der Waals surface area contributed by atoms with E-state index >= 15 is 0 Å². The predicted octanol–water partition coefficient (Wildman–Crippen LogP) is 7.18. The molecule has 0 spiro atoms. The summed E-state index contributed by atoms with van der Waals surface area (Å²) in [6.07, 6.45) is 15.3. The lowest BCUT2D eigenvalue weighted by molar-refractivity contribution is 0.0735. The number of benzene rings is 2. The molecule has 0 bridgehead atoms. The van der Waals surface area contributed by atoms with Gasteiger partial charge in [0.2, 0.25) is 0 Å². The van der Waals surface area contributed by atoms with Crippen molar-refractivity contribution in [3.8, 4) is 11.8 Å². The van der Waals surface area contributed by atoms with Crippen LogP contribution in [0, 0.1) is 23.2 Å². The summed E-state index contributed by atoms with van der Waals surface area (Å²) in [6, 6.07) is 16.1. The zero-order valence-electron chi connectivity index (χ0n) is 17.8. The van der Waals surface area contributed by atoms with E-state index in [4.69, 9.17) is 10.00 Å². The van der Waals surface area contributed by atoms with Crippen molar-refractivity contribution < 1.29 is 9.53 Å². The fourth-order valence-corrected chi connectivity index (χ4v) is 4.09. The number of hydrogen-bond donors (Lipinski definition) is 0. The summed E-state index contributed by atoms with van der Waals surface area (Å²) in [5, 5.41) is 8.83. The number of allylic oxidation sites excluding steroid dienone is 1. The Labute approximate surface area is 180 Å². The molecule has 156 valence electrons. The van der Waals surface area contributed by atoms with E-state index in [1.54, 1.807) is 36.4 Å². The maximum atomic E-state index is 12.3. The molecule has 0 radical (unpaired) electrons. The molecule has 0 aromatic heterocycles. The van der Waals surface area contributed by atoms with Gasteiger partial charge >= 0.3 is 5.97 Å². The Morgan fingerprint density at radius 2 is 1.73 bits per heavy atom. The lowest BCUT2D eigenvalue weighted by Crippen LogP contribution is -2.13. The summed E-state index contributed by atoms with van der Waals surface area (Å²) < 4.78 is 5.37. The molecular weight excluding hydrogens is 370 g/mol. The Balaban J connectivity index is 1.47. The van der Waals surface area contributed by atoms with Crippen LogP contribution in [0.5, 0.6) is 5.75 Å². The van der Waals surface area contributed by atoms with Gasteiger partial charge < -0.3 is 4.74 Å². The van der Waals surface area contributed by atoms with Crippen molar-refractivity contribution >= 4 is 12.0 Å². The normalized spacial score (nSPS) is 18.8. The van der Waals surface area contributed by atoms with Crippen molar-refractivity contribution in [1.29, 1.82) is 5.26 Å². The molecule has 0 amide bonds. The highest BCUT2D eigenvalue weighted by molar-refractivity contribution is 5.91. The summed E-state index contributed by atoms with van der Waals surface area (Å²) >= 11 is 0. The lowest BCUT2D eigenvalue weighted by Gasteiger charge is -2.26. The minimum atomic E-state index is -0.392. The van der Waals surface area contributed by atoms with Gasteiger partial charge in [-0.15, -0.1) is 0 Å². The van der Waals surface area contributed by atoms with E-state index in [9.17, 15) is 4.79 Å². The van der Waals surface area contributed by atoms with Crippen LogP contribution in [0.25, 0.3) is 6.08 Å². The van der Waals surface area contributed by atoms with Crippen LogP contribution in [0.15, 0.2) is 54.6 Å². The van der Waals surface area contributed by atoms with Gasteiger partial charge in [-0.3, -0.25) is 0 Å². The molecule has 0 N–H and O–H groups in total. The second-order valence-corrected chi connectivity index (χ2v) is 8.28. The number of nitriles is 1. The highest BCUT2D eigenvalue weighted by Gasteiger charge is 2.18. The first-order valence-corrected chi connectivity index (χ1v) is 11.2. The topological polar surface area (TPSA) is 50.1 Å². The molecule has 1 aliphatic carbocycles. The van der Waals surface area contributed by atoms with Gasteiger partial charge in [0.25, 0.3) is 0 Å². The van der Waals surface area contributed by atoms with Gasteiger partial charge in [0.05, 0.1) is 17.2 Å². The number of unbranched alkanes of at least 4 members (excludes halogenated alkanes) is 2. The van der Waals surface area contributed by atoms with E-state index in [1.165, 1.54) is 51.4 Å². The molecule has 1 saturated carbocycles. The Morgan fingerprint density at radius 1 is 1.03 bits per heavy atom. The number of carbonyl (C=O) groups is 1. The van der Waals surface area contributed by atoms with Crippen LogP contribution < -0.4 is 4.74 Å². The Hall–Kier alpha value is -2.86. The monoisotopic (exact) mass is 401 g/mol. The van der Waals surface area contributed by atoms with E-state index in [-0.39, 0.29) is 0 Å². The summed E-state index contributed by atoms with van der Waals surface area (Å²) in [4.78, 5) is 12.3. The number of hydrogen-bond acceptors (Lipinski definition) is 3. The van der Waals surface area contributed by atoms with Gasteiger partial charge in [-0.25, -0.2) is 4.79 Å². The molecule has 2 aromatic rings. The Morgan fingerprint density at radius 3 is 2.37 bits per heavy atom. The quantitative estimate of drug-likeness (QED) is 0.267. The summed E-state index contributed by atoms with van der Waals surface area (Å²) in [6.45, 7) is 2.27. The number of carbonyl (C=O) groups excluding carboxylic acids is 1.